The predicted octanol–water partition coefficient (Wildman–Crippen LogP) is 2.39. The molecule has 6 nitrogen and oxygen atoms in total. The number of amides is 4. The largest absolute Gasteiger partial charge is 0.326 e. The Bertz CT molecular complexity index is 613. The molecule has 4 amide bonds. The predicted molar refractivity (Wildman–Crippen MR) is 92.6 cm³/mol. The van der Waals surface area contributed by atoms with E-state index in [4.69, 9.17) is 0 Å². The van der Waals surface area contributed by atoms with Crippen LogP contribution in [0.4, 0.5) is 10.5 Å². The molecule has 1 atom stereocenters. The lowest BCUT2D eigenvalue weighted by Gasteiger charge is -2.28. The van der Waals surface area contributed by atoms with Crippen molar-refractivity contribution in [3.63, 3.8) is 0 Å². The Labute approximate surface area is 142 Å². The van der Waals surface area contributed by atoms with E-state index in [2.05, 4.69) is 5.32 Å². The van der Waals surface area contributed by atoms with Gasteiger partial charge in [-0.25, -0.2) is 4.79 Å². The number of rotatable bonds is 6. The van der Waals surface area contributed by atoms with E-state index in [1.54, 1.807) is 4.90 Å². The molecule has 24 heavy (non-hydrogen) atoms. The van der Waals surface area contributed by atoms with E-state index in [9.17, 15) is 14.4 Å². The van der Waals surface area contributed by atoms with Crippen LogP contribution >= 0.6 is 0 Å². The van der Waals surface area contributed by atoms with Crippen molar-refractivity contribution < 1.29 is 14.4 Å². The van der Waals surface area contributed by atoms with Gasteiger partial charge >= 0.3 is 6.03 Å². The first-order valence-corrected chi connectivity index (χ1v) is 8.30. The van der Waals surface area contributed by atoms with E-state index in [0.29, 0.717) is 6.42 Å². The lowest BCUT2D eigenvalue weighted by molar-refractivity contribution is -0.131. The molecule has 1 aliphatic rings. The van der Waals surface area contributed by atoms with E-state index >= 15 is 0 Å². The van der Waals surface area contributed by atoms with Gasteiger partial charge in [0, 0.05) is 11.7 Å². The summed E-state index contributed by atoms with van der Waals surface area (Å²) in [5.41, 5.74) is 0.753. The van der Waals surface area contributed by atoms with E-state index < -0.39 is 12.1 Å². The summed E-state index contributed by atoms with van der Waals surface area (Å²) in [6.45, 7) is 7.54. The van der Waals surface area contributed by atoms with Crippen LogP contribution in [0.25, 0.3) is 0 Å². The minimum atomic E-state index is -0.533. The van der Waals surface area contributed by atoms with Crippen LogP contribution in [0.2, 0.25) is 0 Å². The zero-order valence-electron chi connectivity index (χ0n) is 14.7. The quantitative estimate of drug-likeness (QED) is 0.814. The number of carbonyl (C=O) groups excluding carboxylic acids is 3. The molecule has 6 heteroatoms. The van der Waals surface area contributed by atoms with Gasteiger partial charge in [-0.3, -0.25) is 14.5 Å². The van der Waals surface area contributed by atoms with Gasteiger partial charge in [0.15, 0.2) is 0 Å². The summed E-state index contributed by atoms with van der Waals surface area (Å²) in [7, 11) is 0. The number of carbonyl (C=O) groups is 3. The molecule has 1 heterocycles. The van der Waals surface area contributed by atoms with E-state index in [0.717, 1.165) is 10.6 Å². The van der Waals surface area contributed by atoms with Gasteiger partial charge in [-0.1, -0.05) is 32.0 Å². The van der Waals surface area contributed by atoms with Crippen LogP contribution in [0.3, 0.4) is 0 Å². The first-order chi connectivity index (χ1) is 11.3. The van der Waals surface area contributed by atoms with Crippen molar-refractivity contribution in [2.75, 3.05) is 11.4 Å². The molecule has 0 spiro atoms. The summed E-state index contributed by atoms with van der Waals surface area (Å²) in [6.07, 6.45) is 0.571. The third-order valence-corrected chi connectivity index (χ3v) is 3.93. The molecule has 0 radical (unpaired) electrons. The second-order valence-corrected chi connectivity index (χ2v) is 6.75. The SMILES string of the molecule is CC(C)C[C@@H]1NC(=O)N(CC(=O)N(c2ccccc2)C(C)C)C1=O. The number of imide groups is 1. The average molecular weight is 331 g/mol. The second-order valence-electron chi connectivity index (χ2n) is 6.75. The smallest absolute Gasteiger partial charge is 0.325 e. The number of nitrogens with one attached hydrogen (secondary N) is 1. The number of hydrogen-bond acceptors (Lipinski definition) is 3. The topological polar surface area (TPSA) is 69.7 Å². The zero-order valence-corrected chi connectivity index (χ0v) is 14.7. The van der Waals surface area contributed by atoms with Gasteiger partial charge in [0.25, 0.3) is 5.91 Å². The number of nitrogens with zero attached hydrogens (tertiary/aromatic N) is 2. The Morgan fingerprint density at radius 3 is 2.33 bits per heavy atom. The van der Waals surface area contributed by atoms with Crippen molar-refractivity contribution in [2.45, 2.75) is 46.2 Å². The van der Waals surface area contributed by atoms with E-state index in [1.807, 2.05) is 58.0 Å². The summed E-state index contributed by atoms with van der Waals surface area (Å²) in [4.78, 5) is 39.8. The third kappa shape index (κ3) is 3.93. The maximum atomic E-state index is 12.7. The van der Waals surface area contributed by atoms with Crippen molar-refractivity contribution in [1.29, 1.82) is 0 Å². The first-order valence-electron chi connectivity index (χ1n) is 8.30. The highest BCUT2D eigenvalue weighted by Gasteiger charge is 2.39. The molecule has 1 aliphatic heterocycles. The summed E-state index contributed by atoms with van der Waals surface area (Å²) >= 11 is 0. The van der Waals surface area contributed by atoms with Crippen molar-refractivity contribution in [3.8, 4) is 0 Å². The molecule has 1 aromatic rings. The van der Waals surface area contributed by atoms with Crippen LogP contribution < -0.4 is 10.2 Å². The van der Waals surface area contributed by atoms with Crippen molar-refractivity contribution in [1.82, 2.24) is 10.2 Å². The average Bonchev–Trinajstić information content (AvgIpc) is 2.75. The van der Waals surface area contributed by atoms with Crippen molar-refractivity contribution >= 4 is 23.5 Å². The lowest BCUT2D eigenvalue weighted by atomic mass is 10.0. The zero-order chi connectivity index (χ0) is 17.9. The molecular weight excluding hydrogens is 306 g/mol. The van der Waals surface area contributed by atoms with Gasteiger partial charge in [0.05, 0.1) is 0 Å². The maximum Gasteiger partial charge on any atom is 0.325 e. The fraction of sp³-hybridized carbons (Fsp3) is 0.500. The van der Waals surface area contributed by atoms with Crippen molar-refractivity contribution in [3.05, 3.63) is 30.3 Å². The fourth-order valence-corrected chi connectivity index (χ4v) is 2.89. The van der Waals surface area contributed by atoms with Crippen LogP contribution in [-0.4, -0.2) is 41.4 Å². The normalized spacial score (nSPS) is 17.6. The Morgan fingerprint density at radius 2 is 1.79 bits per heavy atom. The van der Waals surface area contributed by atoms with E-state index in [1.165, 1.54) is 0 Å². The molecule has 1 N–H and O–H groups in total. The Kier molecular flexibility index (Phi) is 5.59. The molecule has 0 unspecified atom stereocenters. The molecule has 1 aromatic carbocycles. The molecule has 130 valence electrons. The van der Waals surface area contributed by atoms with Gasteiger partial charge < -0.3 is 10.2 Å². The number of para-hydroxylation sites is 1. The Hall–Kier alpha value is -2.37. The molecule has 0 aliphatic carbocycles. The molecule has 2 rings (SSSR count). The summed E-state index contributed by atoms with van der Waals surface area (Å²) < 4.78 is 0. The minimum absolute atomic E-state index is 0.0767. The highest BCUT2D eigenvalue weighted by molar-refractivity contribution is 6.08. The molecule has 1 saturated heterocycles. The monoisotopic (exact) mass is 331 g/mol. The van der Waals surface area contributed by atoms with E-state index in [-0.39, 0.29) is 30.3 Å². The van der Waals surface area contributed by atoms with Crippen LogP contribution in [0.1, 0.15) is 34.1 Å². The number of anilines is 1. The molecular formula is C18H25N3O3. The van der Waals surface area contributed by atoms with Gasteiger partial charge in [-0.15, -0.1) is 0 Å². The van der Waals surface area contributed by atoms with Gasteiger partial charge in [-0.05, 0) is 38.3 Å². The molecule has 1 fully saturated rings. The van der Waals surface area contributed by atoms with Crippen LogP contribution in [0.5, 0.6) is 0 Å². The summed E-state index contributed by atoms with van der Waals surface area (Å²) in [5.74, 6) is -0.310. The highest BCUT2D eigenvalue weighted by Crippen LogP contribution is 2.19. The maximum absolute atomic E-state index is 12.7. The number of benzene rings is 1. The molecule has 0 saturated carbocycles. The van der Waals surface area contributed by atoms with Gasteiger partial charge in [0.1, 0.15) is 12.6 Å². The number of urea groups is 1. The van der Waals surface area contributed by atoms with Gasteiger partial charge in [0.2, 0.25) is 5.91 Å². The van der Waals surface area contributed by atoms with Crippen LogP contribution in [0.15, 0.2) is 30.3 Å². The van der Waals surface area contributed by atoms with Gasteiger partial charge in [-0.2, -0.15) is 0 Å². The third-order valence-electron chi connectivity index (χ3n) is 3.93. The molecule has 0 bridgehead atoms. The second kappa shape index (κ2) is 7.47. The number of hydrogen-bond donors (Lipinski definition) is 1. The summed E-state index contributed by atoms with van der Waals surface area (Å²) in [6, 6.07) is 8.16. The van der Waals surface area contributed by atoms with Crippen LogP contribution in [0, 0.1) is 5.92 Å². The molecule has 0 aromatic heterocycles. The highest BCUT2D eigenvalue weighted by atomic mass is 16.2. The minimum Gasteiger partial charge on any atom is -0.326 e. The fourth-order valence-electron chi connectivity index (χ4n) is 2.89. The first kappa shape index (κ1) is 18.0. The summed E-state index contributed by atoms with van der Waals surface area (Å²) in [5, 5.41) is 2.67. The standard InChI is InChI=1S/C18H25N3O3/c1-12(2)10-15-17(23)20(18(24)19-15)11-16(22)21(13(3)4)14-8-6-5-7-9-14/h5-9,12-13,15H,10-11H2,1-4H3,(H,19,24)/t15-/m0/s1. The Morgan fingerprint density at radius 1 is 1.17 bits per heavy atom. The lowest BCUT2D eigenvalue weighted by Crippen LogP contribution is -2.46. The Balaban J connectivity index is 2.12. The van der Waals surface area contributed by atoms with Crippen LogP contribution in [-0.2, 0) is 9.59 Å². The van der Waals surface area contributed by atoms with Crippen molar-refractivity contribution in [2.24, 2.45) is 5.92 Å².